The van der Waals surface area contributed by atoms with Gasteiger partial charge in [0.2, 0.25) is 10.0 Å². The highest BCUT2D eigenvalue weighted by atomic mass is 35.5. The topological polar surface area (TPSA) is 128 Å². The smallest absolute Gasteiger partial charge is 0.331 e. The zero-order chi connectivity index (χ0) is 23.8. The second kappa shape index (κ2) is 10.9. The van der Waals surface area contributed by atoms with Gasteiger partial charge in [0, 0.05) is 12.3 Å². The third-order valence-electron chi connectivity index (χ3n) is 4.26. The number of amides is 1. The third kappa shape index (κ3) is 7.28. The molecule has 3 rings (SSSR count). The minimum absolute atomic E-state index is 0.0304. The Morgan fingerprint density at radius 1 is 1.18 bits per heavy atom. The molecule has 172 valence electrons. The molecule has 9 nitrogen and oxygen atoms in total. The van der Waals surface area contributed by atoms with Gasteiger partial charge in [-0.1, -0.05) is 23.7 Å². The summed E-state index contributed by atoms with van der Waals surface area (Å²) >= 11 is 5.74. The Bertz CT molecular complexity index is 1220. The van der Waals surface area contributed by atoms with Crippen LogP contribution in [-0.2, 0) is 30.9 Å². The van der Waals surface area contributed by atoms with Crippen molar-refractivity contribution in [3.05, 3.63) is 83.4 Å². The van der Waals surface area contributed by atoms with Gasteiger partial charge < -0.3 is 14.5 Å². The maximum absolute atomic E-state index is 12.3. The molecule has 11 heteroatoms. The first kappa shape index (κ1) is 24.2. The van der Waals surface area contributed by atoms with Crippen LogP contribution in [0.3, 0.4) is 0 Å². The molecule has 1 atom stereocenters. The molecule has 0 radical (unpaired) electrons. The van der Waals surface area contributed by atoms with E-state index in [0.29, 0.717) is 16.3 Å². The number of aromatic nitrogens is 1. The van der Waals surface area contributed by atoms with Crippen LogP contribution in [0.5, 0.6) is 0 Å². The highest BCUT2D eigenvalue weighted by Gasteiger charge is 2.17. The number of hydrogen-bond donors (Lipinski definition) is 2. The molecule has 1 amide bonds. The van der Waals surface area contributed by atoms with Crippen molar-refractivity contribution in [3.8, 4) is 0 Å². The van der Waals surface area contributed by atoms with Gasteiger partial charge >= 0.3 is 5.97 Å². The minimum atomic E-state index is -3.72. The van der Waals surface area contributed by atoms with Gasteiger partial charge in [-0.05, 0) is 55.0 Å². The van der Waals surface area contributed by atoms with E-state index < -0.39 is 28.0 Å². The maximum atomic E-state index is 12.3. The Balaban J connectivity index is 1.51. The molecule has 0 aliphatic carbocycles. The van der Waals surface area contributed by atoms with E-state index in [1.165, 1.54) is 55.8 Å². The number of nitrogens with one attached hydrogen (secondary N) is 2. The number of halogens is 1. The van der Waals surface area contributed by atoms with Crippen LogP contribution in [0, 0.1) is 0 Å². The van der Waals surface area contributed by atoms with E-state index in [2.05, 4.69) is 15.0 Å². The summed E-state index contributed by atoms with van der Waals surface area (Å²) in [5, 5.41) is 2.93. The van der Waals surface area contributed by atoms with Crippen LogP contribution in [0.15, 0.2) is 76.4 Å². The van der Waals surface area contributed by atoms with Crippen LogP contribution in [0.1, 0.15) is 18.2 Å². The lowest BCUT2D eigenvalue weighted by molar-refractivity contribution is -0.148. The van der Waals surface area contributed by atoms with Gasteiger partial charge in [0.25, 0.3) is 5.91 Å². The summed E-state index contributed by atoms with van der Waals surface area (Å²) in [6.07, 6.45) is 4.36. The van der Waals surface area contributed by atoms with E-state index in [9.17, 15) is 18.0 Å². The molecule has 2 aromatic heterocycles. The fourth-order valence-electron chi connectivity index (χ4n) is 2.53. The minimum Gasteiger partial charge on any atom is -0.468 e. The molecule has 1 unspecified atom stereocenters. The second-order valence-corrected chi connectivity index (χ2v) is 8.94. The molecule has 0 aliphatic heterocycles. The quantitative estimate of drug-likeness (QED) is 0.348. The number of nitrogens with zero attached hydrogens (tertiary/aromatic N) is 1. The molecule has 0 fully saturated rings. The van der Waals surface area contributed by atoms with Crippen molar-refractivity contribution in [2.24, 2.45) is 0 Å². The Kier molecular flexibility index (Phi) is 7.99. The molecular weight excluding hydrogens is 470 g/mol. The number of esters is 1. The Morgan fingerprint density at radius 2 is 1.94 bits per heavy atom. The van der Waals surface area contributed by atoms with Crippen molar-refractivity contribution in [1.82, 2.24) is 9.71 Å². The number of carbonyl (C=O) groups is 2. The second-order valence-electron chi connectivity index (χ2n) is 6.74. The summed E-state index contributed by atoms with van der Waals surface area (Å²) in [6.45, 7) is 1.45. The van der Waals surface area contributed by atoms with E-state index >= 15 is 0 Å². The summed E-state index contributed by atoms with van der Waals surface area (Å²) in [6, 6.07) is 12.3. The third-order valence-corrected chi connectivity index (χ3v) is 5.90. The highest BCUT2D eigenvalue weighted by molar-refractivity contribution is 7.89. The average Bonchev–Trinajstić information content (AvgIpc) is 3.32. The van der Waals surface area contributed by atoms with Crippen molar-refractivity contribution in [1.29, 1.82) is 0 Å². The highest BCUT2D eigenvalue weighted by Crippen LogP contribution is 2.13. The number of ether oxygens (including phenoxy) is 1. The molecular formula is C22H20ClN3O6S. The van der Waals surface area contributed by atoms with Gasteiger partial charge in [-0.2, -0.15) is 0 Å². The summed E-state index contributed by atoms with van der Waals surface area (Å²) in [7, 11) is -3.72. The summed E-state index contributed by atoms with van der Waals surface area (Å²) < 4.78 is 37.3. The van der Waals surface area contributed by atoms with Crippen molar-refractivity contribution < 1.29 is 27.2 Å². The van der Waals surface area contributed by atoms with Crippen LogP contribution >= 0.6 is 11.6 Å². The zero-order valence-electron chi connectivity index (χ0n) is 17.4. The maximum Gasteiger partial charge on any atom is 0.331 e. The van der Waals surface area contributed by atoms with E-state index in [0.717, 1.165) is 6.08 Å². The predicted octanol–water partition coefficient (Wildman–Crippen LogP) is 3.39. The molecule has 1 aromatic carbocycles. The van der Waals surface area contributed by atoms with Crippen molar-refractivity contribution in [3.63, 3.8) is 0 Å². The van der Waals surface area contributed by atoms with E-state index in [1.807, 2.05) is 0 Å². The van der Waals surface area contributed by atoms with Crippen LogP contribution in [0.2, 0.25) is 5.02 Å². The molecule has 2 N–H and O–H groups in total. The van der Waals surface area contributed by atoms with Crippen LogP contribution in [-0.4, -0.2) is 31.4 Å². The molecule has 0 saturated heterocycles. The van der Waals surface area contributed by atoms with E-state index in [-0.39, 0.29) is 17.3 Å². The number of anilines is 1. The fraction of sp³-hybridized carbons (Fsp3) is 0.136. The van der Waals surface area contributed by atoms with Crippen LogP contribution in [0.4, 0.5) is 5.82 Å². The van der Waals surface area contributed by atoms with Gasteiger partial charge in [0.15, 0.2) is 6.10 Å². The molecule has 0 saturated carbocycles. The molecule has 3 aromatic rings. The summed E-state index contributed by atoms with van der Waals surface area (Å²) in [5.74, 6) is -0.526. The van der Waals surface area contributed by atoms with Crippen molar-refractivity contribution in [2.45, 2.75) is 24.5 Å². The monoisotopic (exact) mass is 489 g/mol. The predicted molar refractivity (Wildman–Crippen MR) is 122 cm³/mol. The Hall–Kier alpha value is -3.47. The van der Waals surface area contributed by atoms with E-state index in [4.69, 9.17) is 20.8 Å². The van der Waals surface area contributed by atoms with Gasteiger partial charge in [-0.15, -0.1) is 0 Å². The number of hydrogen-bond acceptors (Lipinski definition) is 7. The number of carbonyl (C=O) groups excluding carboxylic acids is 2. The SMILES string of the molecule is CC(OC(=O)/C=C/c1ccc(S(=O)(=O)NCc2ccco2)cc1)C(=O)Nc1ccc(Cl)cn1. The van der Waals surface area contributed by atoms with Crippen molar-refractivity contribution >= 4 is 45.4 Å². The first-order chi connectivity index (χ1) is 15.7. The largest absolute Gasteiger partial charge is 0.468 e. The summed E-state index contributed by atoms with van der Waals surface area (Å²) in [5.41, 5.74) is 0.569. The average molecular weight is 490 g/mol. The molecule has 0 spiro atoms. The normalized spacial score (nSPS) is 12.4. The lowest BCUT2D eigenvalue weighted by atomic mass is 10.2. The van der Waals surface area contributed by atoms with Crippen LogP contribution in [0.25, 0.3) is 6.08 Å². The van der Waals surface area contributed by atoms with Gasteiger partial charge in [-0.25, -0.2) is 22.9 Å². The Labute approximate surface area is 195 Å². The number of sulfonamides is 1. The molecule has 33 heavy (non-hydrogen) atoms. The lowest BCUT2D eigenvalue weighted by Gasteiger charge is -2.11. The molecule has 2 heterocycles. The van der Waals surface area contributed by atoms with Gasteiger partial charge in [0.05, 0.1) is 22.7 Å². The number of benzene rings is 1. The molecule has 0 bridgehead atoms. The van der Waals surface area contributed by atoms with Gasteiger partial charge in [0.1, 0.15) is 11.6 Å². The first-order valence-corrected chi connectivity index (χ1v) is 11.5. The standard InChI is InChI=1S/C22H20ClN3O6S/c1-15(22(28)26-20-10-7-17(23)13-24-20)32-21(27)11-6-16-4-8-19(9-5-16)33(29,30)25-14-18-3-2-12-31-18/h2-13,15,25H,14H2,1H3,(H,24,26,28)/b11-6+. The first-order valence-electron chi connectivity index (χ1n) is 9.66. The van der Waals surface area contributed by atoms with Crippen molar-refractivity contribution in [2.75, 3.05) is 5.32 Å². The number of rotatable bonds is 9. The number of pyridine rings is 1. The fourth-order valence-corrected chi connectivity index (χ4v) is 3.63. The molecule has 0 aliphatic rings. The Morgan fingerprint density at radius 3 is 2.58 bits per heavy atom. The summed E-state index contributed by atoms with van der Waals surface area (Å²) in [4.78, 5) is 28.1. The van der Waals surface area contributed by atoms with Gasteiger partial charge in [-0.3, -0.25) is 4.79 Å². The zero-order valence-corrected chi connectivity index (χ0v) is 19.0. The lowest BCUT2D eigenvalue weighted by Crippen LogP contribution is -2.29. The number of furan rings is 1. The van der Waals surface area contributed by atoms with E-state index in [1.54, 1.807) is 18.2 Å². The van der Waals surface area contributed by atoms with Crippen LogP contribution < -0.4 is 10.0 Å².